The van der Waals surface area contributed by atoms with Crippen LogP contribution in [0.2, 0.25) is 0 Å². The molecule has 0 spiro atoms. The molecule has 6 nitrogen and oxygen atoms in total. The van der Waals surface area contributed by atoms with E-state index in [-0.39, 0.29) is 17.9 Å². The van der Waals surface area contributed by atoms with Gasteiger partial charge in [0.25, 0.3) is 0 Å². The van der Waals surface area contributed by atoms with Gasteiger partial charge < -0.3 is 20.1 Å². The zero-order chi connectivity index (χ0) is 21.3. The second kappa shape index (κ2) is 10.2. The lowest BCUT2D eigenvalue weighted by Crippen LogP contribution is -2.41. The molecule has 1 atom stereocenters. The Labute approximate surface area is 175 Å². The molecule has 0 radical (unpaired) electrons. The molecule has 0 aliphatic rings. The molecule has 1 unspecified atom stereocenters. The lowest BCUT2D eigenvalue weighted by molar-refractivity contribution is 0.237. The van der Waals surface area contributed by atoms with Crippen molar-refractivity contribution in [2.75, 3.05) is 7.11 Å². The molecule has 156 valence electrons. The van der Waals surface area contributed by atoms with Crippen LogP contribution >= 0.6 is 0 Å². The van der Waals surface area contributed by atoms with Gasteiger partial charge in [0.1, 0.15) is 17.3 Å². The van der Waals surface area contributed by atoms with Gasteiger partial charge in [-0.15, -0.1) is 0 Å². The average molecular weight is 409 g/mol. The summed E-state index contributed by atoms with van der Waals surface area (Å²) in [7, 11) is 1.63. The molecule has 1 heterocycles. The number of urea groups is 1. The van der Waals surface area contributed by atoms with Crippen LogP contribution in [0.25, 0.3) is 0 Å². The monoisotopic (exact) mass is 409 g/mol. The summed E-state index contributed by atoms with van der Waals surface area (Å²) in [6.45, 7) is 2.28. The summed E-state index contributed by atoms with van der Waals surface area (Å²) >= 11 is 0. The van der Waals surface area contributed by atoms with Crippen LogP contribution in [0.1, 0.15) is 18.1 Å². The standard InChI is InChI=1S/C23H24FN3O3/c1-16(12-17-4-3-5-21(13-17)29-2)27-23(28)26-15-18-6-11-22(25-14-18)30-20-9-7-19(24)8-10-20/h3-11,13-14,16H,12,15H2,1-2H3,(H2,26,27,28). The van der Waals surface area contributed by atoms with Crippen molar-refractivity contribution >= 4 is 6.03 Å². The number of ether oxygens (including phenoxy) is 2. The van der Waals surface area contributed by atoms with E-state index in [1.807, 2.05) is 37.3 Å². The van der Waals surface area contributed by atoms with Gasteiger partial charge in [-0.25, -0.2) is 14.2 Å². The molecule has 0 bridgehead atoms. The summed E-state index contributed by atoms with van der Waals surface area (Å²) in [6, 6.07) is 16.7. The molecule has 3 aromatic rings. The third kappa shape index (κ3) is 6.48. The minimum absolute atomic E-state index is 0.0401. The second-order valence-electron chi connectivity index (χ2n) is 6.84. The van der Waals surface area contributed by atoms with Crippen LogP contribution in [0, 0.1) is 5.82 Å². The normalized spacial score (nSPS) is 11.4. The van der Waals surface area contributed by atoms with Crippen LogP contribution in [0.15, 0.2) is 66.9 Å². The third-order valence-corrected chi connectivity index (χ3v) is 4.34. The smallest absolute Gasteiger partial charge is 0.315 e. The van der Waals surface area contributed by atoms with E-state index in [1.54, 1.807) is 19.4 Å². The number of rotatable bonds is 8. The summed E-state index contributed by atoms with van der Waals surface area (Å²) in [6.07, 6.45) is 2.32. The fourth-order valence-electron chi connectivity index (χ4n) is 2.86. The number of amides is 2. The van der Waals surface area contributed by atoms with Crippen LogP contribution in [-0.4, -0.2) is 24.2 Å². The molecule has 0 aliphatic carbocycles. The third-order valence-electron chi connectivity index (χ3n) is 4.34. The van der Waals surface area contributed by atoms with Gasteiger partial charge in [-0.1, -0.05) is 18.2 Å². The number of carbonyl (C=O) groups excluding carboxylic acids is 1. The maximum Gasteiger partial charge on any atom is 0.315 e. The van der Waals surface area contributed by atoms with Crippen LogP contribution in [0.5, 0.6) is 17.4 Å². The van der Waals surface area contributed by atoms with Gasteiger partial charge in [0.2, 0.25) is 5.88 Å². The molecule has 0 saturated carbocycles. The minimum Gasteiger partial charge on any atom is -0.497 e. The maximum absolute atomic E-state index is 12.9. The van der Waals surface area contributed by atoms with Crippen molar-refractivity contribution in [2.24, 2.45) is 0 Å². The van der Waals surface area contributed by atoms with Crippen molar-refractivity contribution < 1.29 is 18.7 Å². The molecular formula is C23H24FN3O3. The summed E-state index contributed by atoms with van der Waals surface area (Å²) in [5, 5.41) is 5.73. The second-order valence-corrected chi connectivity index (χ2v) is 6.84. The highest BCUT2D eigenvalue weighted by atomic mass is 19.1. The lowest BCUT2D eigenvalue weighted by atomic mass is 10.1. The van der Waals surface area contributed by atoms with E-state index in [0.717, 1.165) is 16.9 Å². The van der Waals surface area contributed by atoms with Crippen LogP contribution in [0.3, 0.4) is 0 Å². The highest BCUT2D eigenvalue weighted by Crippen LogP contribution is 2.19. The zero-order valence-electron chi connectivity index (χ0n) is 16.9. The molecule has 2 aromatic carbocycles. The molecule has 0 aliphatic heterocycles. The fourth-order valence-corrected chi connectivity index (χ4v) is 2.86. The van der Waals surface area contributed by atoms with Gasteiger partial charge in [-0.05, 0) is 60.9 Å². The van der Waals surface area contributed by atoms with Crippen molar-refractivity contribution in [2.45, 2.75) is 25.9 Å². The van der Waals surface area contributed by atoms with E-state index < -0.39 is 0 Å². The molecule has 3 rings (SSSR count). The molecule has 7 heteroatoms. The SMILES string of the molecule is COc1cccc(CC(C)NC(=O)NCc2ccc(Oc3ccc(F)cc3)nc2)c1. The van der Waals surface area contributed by atoms with Gasteiger partial charge in [0, 0.05) is 24.8 Å². The number of carbonyl (C=O) groups is 1. The maximum atomic E-state index is 12.9. The largest absolute Gasteiger partial charge is 0.497 e. The topological polar surface area (TPSA) is 72.5 Å². The Morgan fingerprint density at radius 3 is 2.57 bits per heavy atom. The Kier molecular flexibility index (Phi) is 7.21. The van der Waals surface area contributed by atoms with E-state index in [0.29, 0.717) is 24.6 Å². The Morgan fingerprint density at radius 2 is 1.87 bits per heavy atom. The Balaban J connectivity index is 1.44. The lowest BCUT2D eigenvalue weighted by Gasteiger charge is -2.15. The molecular weight excluding hydrogens is 385 g/mol. The summed E-state index contributed by atoms with van der Waals surface area (Å²) < 4.78 is 23.7. The molecule has 1 aromatic heterocycles. The summed E-state index contributed by atoms with van der Waals surface area (Å²) in [5.74, 6) is 1.36. The first-order chi connectivity index (χ1) is 14.5. The van der Waals surface area contributed by atoms with Crippen LogP contribution in [0.4, 0.5) is 9.18 Å². The number of nitrogens with one attached hydrogen (secondary N) is 2. The fraction of sp³-hybridized carbons (Fsp3) is 0.217. The molecule has 30 heavy (non-hydrogen) atoms. The first-order valence-electron chi connectivity index (χ1n) is 9.57. The number of nitrogens with zero attached hydrogens (tertiary/aromatic N) is 1. The summed E-state index contributed by atoms with van der Waals surface area (Å²) in [5.41, 5.74) is 1.92. The van der Waals surface area contributed by atoms with E-state index in [1.165, 1.54) is 24.3 Å². The number of hydrogen-bond donors (Lipinski definition) is 2. The van der Waals surface area contributed by atoms with Crippen molar-refractivity contribution in [1.82, 2.24) is 15.6 Å². The van der Waals surface area contributed by atoms with E-state index in [2.05, 4.69) is 15.6 Å². The number of aromatic nitrogens is 1. The van der Waals surface area contributed by atoms with Crippen molar-refractivity contribution in [3.8, 4) is 17.4 Å². The Morgan fingerprint density at radius 1 is 1.07 bits per heavy atom. The average Bonchev–Trinajstić information content (AvgIpc) is 2.75. The highest BCUT2D eigenvalue weighted by molar-refractivity contribution is 5.74. The molecule has 0 saturated heterocycles. The van der Waals surface area contributed by atoms with Crippen LogP contribution in [-0.2, 0) is 13.0 Å². The number of benzene rings is 2. The highest BCUT2D eigenvalue weighted by Gasteiger charge is 2.09. The first-order valence-corrected chi connectivity index (χ1v) is 9.57. The van der Waals surface area contributed by atoms with Crippen molar-refractivity contribution in [1.29, 1.82) is 0 Å². The molecule has 2 amide bonds. The number of pyridine rings is 1. The van der Waals surface area contributed by atoms with Crippen LogP contribution < -0.4 is 20.1 Å². The zero-order valence-corrected chi connectivity index (χ0v) is 16.9. The van der Waals surface area contributed by atoms with Crippen molar-refractivity contribution in [3.63, 3.8) is 0 Å². The van der Waals surface area contributed by atoms with E-state index in [4.69, 9.17) is 9.47 Å². The number of hydrogen-bond acceptors (Lipinski definition) is 4. The summed E-state index contributed by atoms with van der Waals surface area (Å²) in [4.78, 5) is 16.4. The number of methoxy groups -OCH3 is 1. The molecule has 0 fully saturated rings. The van der Waals surface area contributed by atoms with E-state index in [9.17, 15) is 9.18 Å². The van der Waals surface area contributed by atoms with Gasteiger partial charge in [-0.2, -0.15) is 0 Å². The van der Waals surface area contributed by atoms with E-state index >= 15 is 0 Å². The van der Waals surface area contributed by atoms with Gasteiger partial charge in [-0.3, -0.25) is 0 Å². The quantitative estimate of drug-likeness (QED) is 0.577. The van der Waals surface area contributed by atoms with Gasteiger partial charge in [0.05, 0.1) is 7.11 Å². The predicted molar refractivity (Wildman–Crippen MR) is 112 cm³/mol. The van der Waals surface area contributed by atoms with Gasteiger partial charge >= 0.3 is 6.03 Å². The molecule has 2 N–H and O–H groups in total. The first kappa shape index (κ1) is 21.1. The Bertz CT molecular complexity index is 962. The predicted octanol–water partition coefficient (Wildman–Crippen LogP) is 4.45. The Hall–Kier alpha value is -3.61. The number of halogens is 1. The minimum atomic E-state index is -0.326. The van der Waals surface area contributed by atoms with Gasteiger partial charge in [0.15, 0.2) is 0 Å². The van der Waals surface area contributed by atoms with Crippen molar-refractivity contribution in [3.05, 3.63) is 83.8 Å².